The molecule has 0 radical (unpaired) electrons. The summed E-state index contributed by atoms with van der Waals surface area (Å²) in [4.78, 5) is 14.1. The highest BCUT2D eigenvalue weighted by molar-refractivity contribution is 7.98. The van der Waals surface area contributed by atoms with Gasteiger partial charge < -0.3 is 4.57 Å². The van der Waals surface area contributed by atoms with Gasteiger partial charge in [-0.2, -0.15) is 0 Å². The Morgan fingerprint density at radius 2 is 1.39 bits per heavy atom. The van der Waals surface area contributed by atoms with E-state index in [0.29, 0.717) is 0 Å². The first-order valence-corrected chi connectivity index (χ1v) is 10.4. The minimum atomic E-state index is 0.0527. The molecule has 3 aromatic carbocycles. The summed E-state index contributed by atoms with van der Waals surface area (Å²) in [5, 5.41) is 0. The fourth-order valence-electron chi connectivity index (χ4n) is 3.54. The number of pyridine rings is 1. The van der Waals surface area contributed by atoms with Crippen LogP contribution in [-0.4, -0.2) is 10.8 Å². The van der Waals surface area contributed by atoms with Gasteiger partial charge in [-0.25, -0.2) is 0 Å². The van der Waals surface area contributed by atoms with Crippen LogP contribution in [0.25, 0.3) is 28.2 Å². The maximum Gasteiger partial charge on any atom is 0.185 e. The van der Waals surface area contributed by atoms with Crippen LogP contribution in [0.1, 0.15) is 5.56 Å². The second kappa shape index (κ2) is 7.91. The van der Waals surface area contributed by atoms with Crippen LogP contribution in [0.2, 0.25) is 0 Å². The SMILES string of the molecule is CSc1ccccc1-c1cc(=O)c(C)c(-c2ccccc2)n1-c1ccccc1. The summed E-state index contributed by atoms with van der Waals surface area (Å²) in [7, 11) is 0. The predicted molar refractivity (Wildman–Crippen MR) is 119 cm³/mol. The summed E-state index contributed by atoms with van der Waals surface area (Å²) in [5.41, 5.74) is 5.78. The van der Waals surface area contributed by atoms with E-state index in [9.17, 15) is 4.79 Å². The molecule has 4 aromatic rings. The van der Waals surface area contributed by atoms with Crippen LogP contribution in [-0.2, 0) is 0 Å². The van der Waals surface area contributed by atoms with E-state index in [-0.39, 0.29) is 5.43 Å². The van der Waals surface area contributed by atoms with Crippen LogP contribution in [0, 0.1) is 6.92 Å². The van der Waals surface area contributed by atoms with E-state index in [1.165, 1.54) is 0 Å². The first kappa shape index (κ1) is 18.3. The Hall–Kier alpha value is -3.04. The van der Waals surface area contributed by atoms with E-state index in [2.05, 4.69) is 47.2 Å². The molecule has 0 unspecified atom stereocenters. The van der Waals surface area contributed by atoms with Crippen molar-refractivity contribution in [1.29, 1.82) is 0 Å². The van der Waals surface area contributed by atoms with E-state index in [4.69, 9.17) is 0 Å². The Bertz CT molecular complexity index is 1160. The molecule has 0 amide bonds. The van der Waals surface area contributed by atoms with Gasteiger partial charge in [-0.1, -0.05) is 66.7 Å². The second-order valence-electron chi connectivity index (χ2n) is 6.60. The third kappa shape index (κ3) is 3.30. The summed E-state index contributed by atoms with van der Waals surface area (Å²) in [6.45, 7) is 1.91. The fraction of sp³-hybridized carbons (Fsp3) is 0.0800. The topological polar surface area (TPSA) is 22.0 Å². The lowest BCUT2D eigenvalue weighted by molar-refractivity contribution is 1.03. The summed E-state index contributed by atoms with van der Waals surface area (Å²) in [5.74, 6) is 0. The van der Waals surface area contributed by atoms with Crippen LogP contribution in [0.3, 0.4) is 0 Å². The van der Waals surface area contributed by atoms with Crippen LogP contribution < -0.4 is 5.43 Å². The van der Waals surface area contributed by atoms with Crippen molar-refractivity contribution in [3.63, 3.8) is 0 Å². The lowest BCUT2D eigenvalue weighted by Crippen LogP contribution is -2.15. The third-order valence-electron chi connectivity index (χ3n) is 4.90. The molecule has 0 aliphatic heterocycles. The lowest BCUT2D eigenvalue weighted by Gasteiger charge is -2.22. The van der Waals surface area contributed by atoms with E-state index >= 15 is 0 Å². The van der Waals surface area contributed by atoms with E-state index < -0.39 is 0 Å². The third-order valence-corrected chi connectivity index (χ3v) is 5.70. The van der Waals surface area contributed by atoms with Crippen molar-refractivity contribution in [1.82, 2.24) is 4.57 Å². The van der Waals surface area contributed by atoms with Gasteiger partial charge in [-0.15, -0.1) is 11.8 Å². The number of hydrogen-bond acceptors (Lipinski definition) is 2. The molecule has 2 nitrogen and oxygen atoms in total. The zero-order chi connectivity index (χ0) is 19.5. The largest absolute Gasteiger partial charge is 0.309 e. The summed E-state index contributed by atoms with van der Waals surface area (Å²) in [6.07, 6.45) is 2.07. The van der Waals surface area contributed by atoms with Crippen LogP contribution in [0.5, 0.6) is 0 Å². The van der Waals surface area contributed by atoms with Gasteiger partial charge in [-0.05, 0) is 36.9 Å². The van der Waals surface area contributed by atoms with Gasteiger partial charge in [-0.3, -0.25) is 4.79 Å². The molecular formula is C25H21NOS. The van der Waals surface area contributed by atoms with Crippen molar-refractivity contribution in [2.75, 3.05) is 6.26 Å². The van der Waals surface area contributed by atoms with Gasteiger partial charge in [0, 0.05) is 27.8 Å². The smallest absolute Gasteiger partial charge is 0.185 e. The number of para-hydroxylation sites is 1. The maximum absolute atomic E-state index is 13.0. The number of benzene rings is 3. The summed E-state index contributed by atoms with van der Waals surface area (Å²) >= 11 is 1.69. The lowest BCUT2D eigenvalue weighted by atomic mass is 10.0. The van der Waals surface area contributed by atoms with Gasteiger partial charge in [0.25, 0.3) is 0 Å². The monoisotopic (exact) mass is 383 g/mol. The number of rotatable bonds is 4. The normalized spacial score (nSPS) is 10.8. The molecule has 0 spiro atoms. The first-order valence-electron chi connectivity index (χ1n) is 9.21. The minimum absolute atomic E-state index is 0.0527. The van der Waals surface area contributed by atoms with Gasteiger partial charge in [0.15, 0.2) is 5.43 Å². The fourth-order valence-corrected chi connectivity index (χ4v) is 4.15. The maximum atomic E-state index is 13.0. The molecule has 0 saturated heterocycles. The molecule has 0 aliphatic carbocycles. The zero-order valence-electron chi connectivity index (χ0n) is 15.9. The molecule has 0 bridgehead atoms. The highest BCUT2D eigenvalue weighted by Crippen LogP contribution is 2.35. The van der Waals surface area contributed by atoms with Crippen LogP contribution in [0.4, 0.5) is 0 Å². The van der Waals surface area contributed by atoms with Gasteiger partial charge >= 0.3 is 0 Å². The highest BCUT2D eigenvalue weighted by atomic mass is 32.2. The molecule has 0 atom stereocenters. The predicted octanol–water partition coefficient (Wildman–Crippen LogP) is 6.20. The minimum Gasteiger partial charge on any atom is -0.309 e. The Morgan fingerprint density at radius 1 is 0.786 bits per heavy atom. The zero-order valence-corrected chi connectivity index (χ0v) is 16.7. The van der Waals surface area contributed by atoms with Gasteiger partial charge in [0.2, 0.25) is 0 Å². The number of hydrogen-bond donors (Lipinski definition) is 0. The summed E-state index contributed by atoms with van der Waals surface area (Å²) < 4.78 is 2.21. The molecular weight excluding hydrogens is 362 g/mol. The van der Waals surface area contributed by atoms with Crippen molar-refractivity contribution >= 4 is 11.8 Å². The standard InChI is InChI=1S/C25H21NOS/c1-18-23(27)17-22(21-15-9-10-16-24(21)28-2)26(20-13-7-4-8-14-20)25(18)19-11-5-3-6-12-19/h3-17H,1-2H3. The molecule has 0 aliphatic rings. The average Bonchev–Trinajstić information content (AvgIpc) is 2.76. The van der Waals surface area contributed by atoms with E-state index in [0.717, 1.165) is 38.7 Å². The summed E-state index contributed by atoms with van der Waals surface area (Å²) in [6, 6.07) is 30.4. The van der Waals surface area contributed by atoms with Crippen molar-refractivity contribution in [3.8, 4) is 28.2 Å². The van der Waals surface area contributed by atoms with E-state index in [1.807, 2.05) is 55.5 Å². The molecule has 0 fully saturated rings. The van der Waals surface area contributed by atoms with Crippen molar-refractivity contribution in [2.24, 2.45) is 0 Å². The highest BCUT2D eigenvalue weighted by Gasteiger charge is 2.18. The molecule has 3 heteroatoms. The Balaban J connectivity index is 2.16. The van der Waals surface area contributed by atoms with Crippen LogP contribution >= 0.6 is 11.8 Å². The number of thioether (sulfide) groups is 1. The van der Waals surface area contributed by atoms with Gasteiger partial charge in [0.1, 0.15) is 0 Å². The van der Waals surface area contributed by atoms with Crippen molar-refractivity contribution in [2.45, 2.75) is 11.8 Å². The first-order chi connectivity index (χ1) is 13.7. The second-order valence-corrected chi connectivity index (χ2v) is 7.45. The van der Waals surface area contributed by atoms with Crippen LogP contribution in [0.15, 0.2) is 101 Å². The average molecular weight is 384 g/mol. The molecule has 28 heavy (non-hydrogen) atoms. The molecule has 1 heterocycles. The quantitative estimate of drug-likeness (QED) is 0.391. The van der Waals surface area contributed by atoms with Crippen molar-refractivity contribution < 1.29 is 0 Å². The molecule has 0 N–H and O–H groups in total. The van der Waals surface area contributed by atoms with E-state index in [1.54, 1.807) is 17.8 Å². The molecule has 0 saturated carbocycles. The Kier molecular flexibility index (Phi) is 5.18. The Labute approximate surface area is 169 Å². The Morgan fingerprint density at radius 3 is 2.07 bits per heavy atom. The number of aromatic nitrogens is 1. The van der Waals surface area contributed by atoms with Crippen molar-refractivity contribution in [3.05, 3.63) is 107 Å². The molecule has 1 aromatic heterocycles. The molecule has 138 valence electrons. The number of nitrogens with zero attached hydrogens (tertiary/aromatic N) is 1. The molecule has 4 rings (SSSR count). The van der Waals surface area contributed by atoms with Gasteiger partial charge in [0.05, 0.1) is 11.4 Å².